The van der Waals surface area contributed by atoms with Gasteiger partial charge < -0.3 is 14.8 Å². The van der Waals surface area contributed by atoms with Gasteiger partial charge >= 0.3 is 0 Å². The molecule has 0 heterocycles. The molecule has 116 valence electrons. The van der Waals surface area contributed by atoms with Crippen molar-refractivity contribution < 1.29 is 14.3 Å². The first-order chi connectivity index (χ1) is 10.1. The quantitative estimate of drug-likeness (QED) is 0.748. The topological polar surface area (TPSA) is 47.6 Å². The van der Waals surface area contributed by atoms with Crippen molar-refractivity contribution in [1.29, 1.82) is 0 Å². The van der Waals surface area contributed by atoms with Crippen LogP contribution in [0.5, 0.6) is 11.5 Å². The lowest BCUT2D eigenvalue weighted by atomic mass is 10.0. The van der Waals surface area contributed by atoms with Crippen molar-refractivity contribution in [3.63, 3.8) is 0 Å². The highest BCUT2D eigenvalue weighted by molar-refractivity contribution is 5.92. The Bertz CT molecular complexity index is 479. The minimum Gasteiger partial charge on any atom is -0.497 e. The fourth-order valence-electron chi connectivity index (χ4n) is 2.00. The number of hydrogen-bond donors (Lipinski definition) is 1. The monoisotopic (exact) mass is 291 g/mol. The predicted molar refractivity (Wildman–Crippen MR) is 85.7 cm³/mol. The third-order valence-corrected chi connectivity index (χ3v) is 3.57. The van der Waals surface area contributed by atoms with Gasteiger partial charge in [0.2, 0.25) is 5.91 Å². The molecule has 0 saturated carbocycles. The van der Waals surface area contributed by atoms with Gasteiger partial charge in [0, 0.05) is 24.3 Å². The van der Waals surface area contributed by atoms with Crippen molar-refractivity contribution in [2.45, 2.75) is 26.7 Å². The molecule has 0 atom stereocenters. The molecule has 1 amide bonds. The summed E-state index contributed by atoms with van der Waals surface area (Å²) < 4.78 is 10.4. The number of benzene rings is 1. The van der Waals surface area contributed by atoms with Gasteiger partial charge in [0.25, 0.3) is 0 Å². The summed E-state index contributed by atoms with van der Waals surface area (Å²) in [6, 6.07) is 5.49. The van der Waals surface area contributed by atoms with Gasteiger partial charge in [-0.2, -0.15) is 0 Å². The fourth-order valence-corrected chi connectivity index (χ4v) is 2.00. The molecule has 0 bridgehead atoms. The van der Waals surface area contributed by atoms with E-state index in [2.05, 4.69) is 19.2 Å². The van der Waals surface area contributed by atoms with Crippen LogP contribution in [0.25, 0.3) is 6.08 Å². The molecule has 21 heavy (non-hydrogen) atoms. The molecular formula is C17H25NO3. The molecule has 0 aromatic heterocycles. The maximum absolute atomic E-state index is 11.8. The summed E-state index contributed by atoms with van der Waals surface area (Å²) in [7, 11) is 3.20. The minimum absolute atomic E-state index is 0.0835. The first kappa shape index (κ1) is 17.1. The van der Waals surface area contributed by atoms with E-state index >= 15 is 0 Å². The molecule has 0 radical (unpaired) electrons. The van der Waals surface area contributed by atoms with Crippen LogP contribution in [-0.4, -0.2) is 26.7 Å². The summed E-state index contributed by atoms with van der Waals surface area (Å²) in [6.07, 6.45) is 5.44. The number of nitrogens with one attached hydrogen (secondary N) is 1. The summed E-state index contributed by atoms with van der Waals surface area (Å²) in [4.78, 5) is 11.8. The molecule has 1 aromatic rings. The molecule has 4 heteroatoms. The molecule has 0 fully saturated rings. The average Bonchev–Trinajstić information content (AvgIpc) is 2.53. The summed E-state index contributed by atoms with van der Waals surface area (Å²) >= 11 is 0. The van der Waals surface area contributed by atoms with E-state index in [0.29, 0.717) is 11.7 Å². The number of ether oxygens (including phenoxy) is 2. The van der Waals surface area contributed by atoms with E-state index in [1.165, 1.54) is 6.08 Å². The highest BCUT2D eigenvalue weighted by Crippen LogP contribution is 2.25. The molecule has 0 aliphatic carbocycles. The number of methoxy groups -OCH3 is 2. The van der Waals surface area contributed by atoms with Crippen LogP contribution < -0.4 is 14.8 Å². The first-order valence-corrected chi connectivity index (χ1v) is 7.32. The van der Waals surface area contributed by atoms with E-state index in [4.69, 9.17) is 9.47 Å². The van der Waals surface area contributed by atoms with Gasteiger partial charge in [-0.1, -0.05) is 26.7 Å². The fraction of sp³-hybridized carbons (Fsp3) is 0.471. The van der Waals surface area contributed by atoms with Gasteiger partial charge in [0.1, 0.15) is 11.5 Å². The SMILES string of the molecule is CCC(CC)CNC(=O)/C=C/c1ccc(OC)cc1OC. The second kappa shape index (κ2) is 9.06. The van der Waals surface area contributed by atoms with Gasteiger partial charge in [-0.15, -0.1) is 0 Å². The highest BCUT2D eigenvalue weighted by atomic mass is 16.5. The van der Waals surface area contributed by atoms with E-state index in [1.807, 2.05) is 12.1 Å². The predicted octanol–water partition coefficient (Wildman–Crippen LogP) is 3.27. The lowest BCUT2D eigenvalue weighted by molar-refractivity contribution is -0.116. The Morgan fingerprint density at radius 2 is 1.95 bits per heavy atom. The molecule has 0 aliphatic rings. The van der Waals surface area contributed by atoms with Crippen LogP contribution in [0.1, 0.15) is 32.3 Å². The van der Waals surface area contributed by atoms with Gasteiger partial charge in [0.05, 0.1) is 14.2 Å². The molecular weight excluding hydrogens is 266 g/mol. The van der Waals surface area contributed by atoms with Crippen molar-refractivity contribution >= 4 is 12.0 Å². The maximum atomic E-state index is 11.8. The Hall–Kier alpha value is -1.97. The van der Waals surface area contributed by atoms with E-state index < -0.39 is 0 Å². The Kier molecular flexibility index (Phi) is 7.37. The Morgan fingerprint density at radius 3 is 2.52 bits per heavy atom. The standard InChI is InChI=1S/C17H25NO3/c1-5-13(6-2)12-18-17(19)10-8-14-7-9-15(20-3)11-16(14)21-4/h7-11,13H,5-6,12H2,1-4H3,(H,18,19)/b10-8+. The highest BCUT2D eigenvalue weighted by Gasteiger charge is 2.05. The van der Waals surface area contributed by atoms with E-state index in [1.54, 1.807) is 26.4 Å². The summed E-state index contributed by atoms with van der Waals surface area (Å²) in [5, 5.41) is 2.92. The molecule has 0 saturated heterocycles. The lowest BCUT2D eigenvalue weighted by Gasteiger charge is -2.12. The largest absolute Gasteiger partial charge is 0.497 e. The van der Waals surface area contributed by atoms with Crippen molar-refractivity contribution in [3.05, 3.63) is 29.8 Å². The number of amides is 1. The van der Waals surface area contributed by atoms with Gasteiger partial charge in [-0.25, -0.2) is 0 Å². The van der Waals surface area contributed by atoms with Crippen LogP contribution >= 0.6 is 0 Å². The van der Waals surface area contributed by atoms with Crippen LogP contribution in [-0.2, 0) is 4.79 Å². The molecule has 0 unspecified atom stereocenters. The number of carbonyl (C=O) groups excluding carboxylic acids is 1. The number of hydrogen-bond acceptors (Lipinski definition) is 3. The van der Waals surface area contributed by atoms with Crippen molar-refractivity contribution in [1.82, 2.24) is 5.32 Å². The van der Waals surface area contributed by atoms with Crippen LogP contribution in [0.4, 0.5) is 0 Å². The van der Waals surface area contributed by atoms with Crippen LogP contribution in [0.15, 0.2) is 24.3 Å². The normalized spacial score (nSPS) is 10.9. The zero-order chi connectivity index (χ0) is 15.7. The zero-order valence-electron chi connectivity index (χ0n) is 13.3. The van der Waals surface area contributed by atoms with Gasteiger partial charge in [-0.3, -0.25) is 4.79 Å². The third-order valence-electron chi connectivity index (χ3n) is 3.57. The molecule has 1 N–H and O–H groups in total. The Labute approximate surface area is 127 Å². The Balaban J connectivity index is 2.65. The summed E-state index contributed by atoms with van der Waals surface area (Å²) in [5.74, 6) is 1.86. The van der Waals surface area contributed by atoms with Crippen LogP contribution in [0.3, 0.4) is 0 Å². The van der Waals surface area contributed by atoms with E-state index in [-0.39, 0.29) is 5.91 Å². The zero-order valence-corrected chi connectivity index (χ0v) is 13.3. The summed E-state index contributed by atoms with van der Waals surface area (Å²) in [5.41, 5.74) is 0.844. The van der Waals surface area contributed by atoms with Crippen LogP contribution in [0, 0.1) is 5.92 Å². The van der Waals surface area contributed by atoms with Gasteiger partial charge in [0.15, 0.2) is 0 Å². The van der Waals surface area contributed by atoms with E-state index in [9.17, 15) is 4.79 Å². The second-order valence-electron chi connectivity index (χ2n) is 4.87. The average molecular weight is 291 g/mol. The molecule has 4 nitrogen and oxygen atoms in total. The molecule has 1 rings (SSSR count). The molecule has 0 spiro atoms. The summed E-state index contributed by atoms with van der Waals surface area (Å²) in [6.45, 7) is 4.99. The van der Waals surface area contributed by atoms with Crippen molar-refractivity contribution in [2.24, 2.45) is 5.92 Å². The third kappa shape index (κ3) is 5.50. The maximum Gasteiger partial charge on any atom is 0.244 e. The van der Waals surface area contributed by atoms with Crippen LogP contribution in [0.2, 0.25) is 0 Å². The molecule has 1 aromatic carbocycles. The van der Waals surface area contributed by atoms with Gasteiger partial charge in [-0.05, 0) is 24.1 Å². The number of rotatable bonds is 8. The molecule has 0 aliphatic heterocycles. The minimum atomic E-state index is -0.0835. The number of carbonyl (C=O) groups is 1. The van der Waals surface area contributed by atoms with Crippen molar-refractivity contribution in [3.8, 4) is 11.5 Å². The lowest BCUT2D eigenvalue weighted by Crippen LogP contribution is -2.27. The Morgan fingerprint density at radius 1 is 1.24 bits per heavy atom. The van der Waals surface area contributed by atoms with E-state index in [0.717, 1.165) is 30.7 Å². The smallest absolute Gasteiger partial charge is 0.244 e. The van der Waals surface area contributed by atoms with Crippen molar-refractivity contribution in [2.75, 3.05) is 20.8 Å². The second-order valence-corrected chi connectivity index (χ2v) is 4.87. The first-order valence-electron chi connectivity index (χ1n) is 7.32.